The Morgan fingerprint density at radius 1 is 1.41 bits per heavy atom. The molecule has 9 heteroatoms. The number of rotatable bonds is 4. The van der Waals surface area contributed by atoms with Gasteiger partial charge in [0.25, 0.3) is 5.69 Å². The highest BCUT2D eigenvalue weighted by atomic mass is 32.1. The van der Waals surface area contributed by atoms with Crippen LogP contribution >= 0.6 is 11.3 Å². The fourth-order valence-corrected chi connectivity index (χ4v) is 2.62. The lowest BCUT2D eigenvalue weighted by atomic mass is 10.1. The van der Waals surface area contributed by atoms with Crippen molar-refractivity contribution < 1.29 is 18.1 Å². The van der Waals surface area contributed by atoms with Gasteiger partial charge in [-0.3, -0.25) is 10.1 Å². The van der Waals surface area contributed by atoms with Gasteiger partial charge in [0.1, 0.15) is 10.7 Å². The Kier molecular flexibility index (Phi) is 4.36. The van der Waals surface area contributed by atoms with Crippen molar-refractivity contribution in [3.05, 3.63) is 50.0 Å². The van der Waals surface area contributed by atoms with Crippen molar-refractivity contribution in [3.8, 4) is 0 Å². The SMILES string of the molecule is Cc1cnc(C(C)Nc2ccc(C(F)(F)F)cc2[N+](=O)[O-])s1. The number of nitro benzene ring substituents is 1. The summed E-state index contributed by atoms with van der Waals surface area (Å²) in [5.74, 6) is 0. The second-order valence-electron chi connectivity index (χ2n) is 4.66. The van der Waals surface area contributed by atoms with Crippen molar-refractivity contribution in [1.82, 2.24) is 4.98 Å². The molecule has 5 nitrogen and oxygen atoms in total. The Morgan fingerprint density at radius 3 is 2.59 bits per heavy atom. The molecular weight excluding hydrogens is 319 g/mol. The molecule has 2 aromatic rings. The van der Waals surface area contributed by atoms with Crippen molar-refractivity contribution in [2.75, 3.05) is 5.32 Å². The zero-order valence-electron chi connectivity index (χ0n) is 11.6. The quantitative estimate of drug-likeness (QED) is 0.659. The Labute approximate surface area is 128 Å². The maximum Gasteiger partial charge on any atom is 0.416 e. The molecule has 118 valence electrons. The largest absolute Gasteiger partial charge is 0.416 e. The highest BCUT2D eigenvalue weighted by Gasteiger charge is 2.33. The van der Waals surface area contributed by atoms with E-state index in [2.05, 4.69) is 10.3 Å². The summed E-state index contributed by atoms with van der Waals surface area (Å²) in [5.41, 5.74) is -1.64. The topological polar surface area (TPSA) is 68.1 Å². The molecule has 0 aliphatic rings. The zero-order chi connectivity index (χ0) is 16.5. The van der Waals surface area contributed by atoms with E-state index in [9.17, 15) is 23.3 Å². The standard InChI is InChI=1S/C13H12F3N3O2S/c1-7-6-17-12(22-7)8(2)18-10-4-3-9(13(14,15)16)5-11(10)19(20)21/h3-6,8,18H,1-2H3. The van der Waals surface area contributed by atoms with Gasteiger partial charge in [-0.15, -0.1) is 11.3 Å². The third-order valence-electron chi connectivity index (χ3n) is 2.90. The van der Waals surface area contributed by atoms with Crippen LogP contribution in [0, 0.1) is 17.0 Å². The molecule has 0 aliphatic heterocycles. The Hall–Kier alpha value is -2.16. The molecular formula is C13H12F3N3O2S. The highest BCUT2D eigenvalue weighted by molar-refractivity contribution is 7.11. The van der Waals surface area contributed by atoms with Crippen LogP contribution in [0.25, 0.3) is 0 Å². The van der Waals surface area contributed by atoms with Gasteiger partial charge in [0.2, 0.25) is 0 Å². The van der Waals surface area contributed by atoms with E-state index in [-0.39, 0.29) is 11.7 Å². The summed E-state index contributed by atoms with van der Waals surface area (Å²) < 4.78 is 37.9. The number of hydrogen-bond acceptors (Lipinski definition) is 5. The number of nitro groups is 1. The maximum atomic E-state index is 12.6. The van der Waals surface area contributed by atoms with Crippen LogP contribution in [0.2, 0.25) is 0 Å². The molecule has 1 heterocycles. The lowest BCUT2D eigenvalue weighted by Crippen LogP contribution is -2.10. The van der Waals surface area contributed by atoms with Crippen molar-refractivity contribution in [3.63, 3.8) is 0 Å². The van der Waals surface area contributed by atoms with Gasteiger partial charge in [0.05, 0.1) is 16.5 Å². The fraction of sp³-hybridized carbons (Fsp3) is 0.308. The van der Waals surface area contributed by atoms with Gasteiger partial charge in [-0.05, 0) is 26.0 Å². The minimum Gasteiger partial charge on any atom is -0.371 e. The minimum absolute atomic E-state index is 0.0263. The molecule has 0 saturated heterocycles. The number of alkyl halides is 3. The molecule has 0 aliphatic carbocycles. The first-order valence-corrected chi connectivity index (χ1v) is 7.04. The van der Waals surface area contributed by atoms with Crippen LogP contribution in [0.5, 0.6) is 0 Å². The van der Waals surface area contributed by atoms with Gasteiger partial charge in [0, 0.05) is 17.1 Å². The van der Waals surface area contributed by atoms with Gasteiger partial charge in [-0.2, -0.15) is 13.2 Å². The predicted molar refractivity (Wildman–Crippen MR) is 77.0 cm³/mol. The zero-order valence-corrected chi connectivity index (χ0v) is 12.5. The number of hydrogen-bond donors (Lipinski definition) is 1. The molecule has 0 radical (unpaired) electrons. The summed E-state index contributed by atoms with van der Waals surface area (Å²) in [7, 11) is 0. The molecule has 2 rings (SSSR count). The molecule has 0 bridgehead atoms. The van der Waals surface area contributed by atoms with Crippen LogP contribution in [0.3, 0.4) is 0 Å². The molecule has 0 amide bonds. The molecule has 1 N–H and O–H groups in total. The van der Waals surface area contributed by atoms with E-state index in [0.717, 1.165) is 17.0 Å². The van der Waals surface area contributed by atoms with E-state index < -0.39 is 22.4 Å². The Morgan fingerprint density at radius 2 is 2.09 bits per heavy atom. The minimum atomic E-state index is -4.62. The number of thiazole rings is 1. The molecule has 1 aromatic heterocycles. The van der Waals surface area contributed by atoms with Crippen LogP contribution in [0.15, 0.2) is 24.4 Å². The van der Waals surface area contributed by atoms with Crippen molar-refractivity contribution >= 4 is 22.7 Å². The fourth-order valence-electron chi connectivity index (χ4n) is 1.85. The van der Waals surface area contributed by atoms with Gasteiger partial charge >= 0.3 is 6.18 Å². The smallest absolute Gasteiger partial charge is 0.371 e. The van der Waals surface area contributed by atoms with Crippen LogP contribution in [0.4, 0.5) is 24.5 Å². The van der Waals surface area contributed by atoms with Crippen molar-refractivity contribution in [1.29, 1.82) is 0 Å². The van der Waals surface area contributed by atoms with Crippen LogP contribution in [-0.4, -0.2) is 9.91 Å². The lowest BCUT2D eigenvalue weighted by molar-refractivity contribution is -0.384. The van der Waals surface area contributed by atoms with E-state index in [0.29, 0.717) is 11.1 Å². The highest BCUT2D eigenvalue weighted by Crippen LogP contribution is 2.36. The number of halogens is 3. The van der Waals surface area contributed by atoms with Gasteiger partial charge in [-0.25, -0.2) is 4.98 Å². The van der Waals surface area contributed by atoms with Crippen LogP contribution < -0.4 is 5.32 Å². The molecule has 1 atom stereocenters. The number of nitrogens with zero attached hydrogens (tertiary/aromatic N) is 2. The normalized spacial score (nSPS) is 13.0. The average Bonchev–Trinajstić information content (AvgIpc) is 2.84. The van der Waals surface area contributed by atoms with Crippen LogP contribution in [0.1, 0.15) is 28.4 Å². The third kappa shape index (κ3) is 3.53. The van der Waals surface area contributed by atoms with Gasteiger partial charge in [-0.1, -0.05) is 0 Å². The summed E-state index contributed by atoms with van der Waals surface area (Å²) >= 11 is 1.41. The van der Waals surface area contributed by atoms with Crippen molar-refractivity contribution in [2.45, 2.75) is 26.1 Å². The summed E-state index contributed by atoms with van der Waals surface area (Å²) in [4.78, 5) is 15.3. The molecule has 1 aromatic carbocycles. The third-order valence-corrected chi connectivity index (χ3v) is 4.00. The molecule has 0 spiro atoms. The van der Waals surface area contributed by atoms with E-state index in [1.165, 1.54) is 11.3 Å². The Bertz CT molecular complexity index is 700. The molecule has 0 saturated carbocycles. The molecule has 1 unspecified atom stereocenters. The van der Waals surface area contributed by atoms with Crippen LogP contribution in [-0.2, 0) is 6.18 Å². The lowest BCUT2D eigenvalue weighted by Gasteiger charge is -2.14. The summed E-state index contributed by atoms with van der Waals surface area (Å²) in [6, 6.07) is 2.06. The maximum absolute atomic E-state index is 12.6. The summed E-state index contributed by atoms with van der Waals surface area (Å²) in [6.45, 7) is 3.61. The average molecular weight is 331 g/mol. The van der Waals surface area contributed by atoms with E-state index >= 15 is 0 Å². The first kappa shape index (κ1) is 16.2. The number of anilines is 1. The van der Waals surface area contributed by atoms with Gasteiger partial charge < -0.3 is 5.32 Å². The van der Waals surface area contributed by atoms with Gasteiger partial charge in [0.15, 0.2) is 0 Å². The van der Waals surface area contributed by atoms with Crippen molar-refractivity contribution in [2.24, 2.45) is 0 Å². The predicted octanol–water partition coefficient (Wildman–Crippen LogP) is 4.55. The molecule has 0 fully saturated rings. The number of nitrogens with one attached hydrogen (secondary N) is 1. The summed E-state index contributed by atoms with van der Waals surface area (Å²) in [6.07, 6.45) is -2.96. The number of aromatic nitrogens is 1. The first-order chi connectivity index (χ1) is 10.2. The first-order valence-electron chi connectivity index (χ1n) is 6.23. The molecule has 22 heavy (non-hydrogen) atoms. The monoisotopic (exact) mass is 331 g/mol. The number of aryl methyl sites for hydroxylation is 1. The summed E-state index contributed by atoms with van der Waals surface area (Å²) in [5, 5.41) is 14.5. The van der Waals surface area contributed by atoms with E-state index in [1.807, 2.05) is 6.92 Å². The second-order valence-corrected chi connectivity index (χ2v) is 5.93. The van der Waals surface area contributed by atoms with E-state index in [4.69, 9.17) is 0 Å². The number of benzene rings is 1. The second kappa shape index (κ2) is 5.91. The Balaban J connectivity index is 2.32. The van der Waals surface area contributed by atoms with E-state index in [1.54, 1.807) is 13.1 Å².